The van der Waals surface area contributed by atoms with Crippen molar-refractivity contribution in [2.45, 2.75) is 0 Å². The Morgan fingerprint density at radius 3 is 2.15 bits per heavy atom. The van der Waals surface area contributed by atoms with Crippen LogP contribution in [0.2, 0.25) is 0 Å². The van der Waals surface area contributed by atoms with E-state index in [0.717, 1.165) is 75.9 Å². The van der Waals surface area contributed by atoms with Gasteiger partial charge in [0.05, 0.1) is 22.1 Å². The molecular formula is C42H26N3OP. The summed E-state index contributed by atoms with van der Waals surface area (Å²) in [5, 5.41) is 11.0. The molecular weight excluding hydrogens is 593 g/mol. The highest BCUT2D eigenvalue weighted by atomic mass is 31.2. The first-order valence-corrected chi connectivity index (χ1v) is 17.5. The molecule has 1 atom stereocenters. The van der Waals surface area contributed by atoms with Gasteiger partial charge in [-0.2, -0.15) is 0 Å². The van der Waals surface area contributed by atoms with E-state index in [-0.39, 0.29) is 0 Å². The Labute approximate surface area is 269 Å². The summed E-state index contributed by atoms with van der Waals surface area (Å²) in [6.45, 7) is 0. The lowest BCUT2D eigenvalue weighted by Crippen LogP contribution is -2.25. The van der Waals surface area contributed by atoms with Gasteiger partial charge in [0, 0.05) is 43.7 Å². The second kappa shape index (κ2) is 9.83. The SMILES string of the molecule is O=P(c1ccccc1)(c1ccc2ncccc2c1)c1cccc2ccc3c4cc5ccccc5cc4n4c5ccccc5nc4c3c12. The number of nitrogens with zero attached hydrogens (tertiary/aromatic N) is 3. The van der Waals surface area contributed by atoms with Crippen molar-refractivity contribution in [3.8, 4) is 0 Å². The van der Waals surface area contributed by atoms with Crippen molar-refractivity contribution in [1.29, 1.82) is 0 Å². The van der Waals surface area contributed by atoms with E-state index in [4.69, 9.17) is 4.98 Å². The lowest BCUT2D eigenvalue weighted by atomic mass is 9.97. The molecule has 4 nitrogen and oxygen atoms in total. The van der Waals surface area contributed by atoms with Gasteiger partial charge in [-0.3, -0.25) is 9.38 Å². The number of rotatable bonds is 3. The number of pyridine rings is 2. The molecule has 47 heavy (non-hydrogen) atoms. The minimum atomic E-state index is -3.41. The van der Waals surface area contributed by atoms with Gasteiger partial charge in [-0.05, 0) is 70.1 Å². The zero-order chi connectivity index (χ0) is 31.1. The molecule has 0 saturated heterocycles. The van der Waals surface area contributed by atoms with Crippen molar-refractivity contribution in [3.05, 3.63) is 158 Å². The van der Waals surface area contributed by atoms with E-state index >= 15 is 4.57 Å². The van der Waals surface area contributed by atoms with Gasteiger partial charge in [-0.15, -0.1) is 0 Å². The largest absolute Gasteiger partial charge is 0.309 e. The fraction of sp³-hybridized carbons (Fsp3) is 0. The topological polar surface area (TPSA) is 47.3 Å². The third-order valence-electron chi connectivity index (χ3n) is 9.61. The fourth-order valence-corrected chi connectivity index (χ4v) is 10.4. The van der Waals surface area contributed by atoms with E-state index in [1.165, 1.54) is 10.8 Å². The predicted octanol–water partition coefficient (Wildman–Crippen LogP) is 9.29. The van der Waals surface area contributed by atoms with E-state index in [1.807, 2.05) is 66.7 Å². The Morgan fingerprint density at radius 1 is 0.489 bits per heavy atom. The van der Waals surface area contributed by atoms with Crippen LogP contribution in [-0.4, -0.2) is 14.4 Å². The standard InChI is InChI=1S/C42H26N3OP/c46-47(31-14-2-1-3-15-31,32-20-22-35-30(24-32)13-9-23-43-35)39-18-8-12-27-19-21-33-34-25-28-10-4-5-11-29(28)26-38(34)45-37-17-7-6-16-36(37)44-42(45)41(33)40(27)39/h1-26H. The summed E-state index contributed by atoms with van der Waals surface area (Å²) in [7, 11) is -3.41. The summed E-state index contributed by atoms with van der Waals surface area (Å²) < 4.78 is 18.5. The van der Waals surface area contributed by atoms with Crippen molar-refractivity contribution in [3.63, 3.8) is 0 Å². The van der Waals surface area contributed by atoms with E-state index in [1.54, 1.807) is 6.20 Å². The van der Waals surface area contributed by atoms with Gasteiger partial charge in [-0.25, -0.2) is 4.98 Å². The quantitative estimate of drug-likeness (QED) is 0.113. The molecule has 5 heteroatoms. The number of benzene rings is 7. The summed E-state index contributed by atoms with van der Waals surface area (Å²) in [6.07, 6.45) is 1.79. The third kappa shape index (κ3) is 3.74. The van der Waals surface area contributed by atoms with E-state index < -0.39 is 7.14 Å². The first kappa shape index (κ1) is 26.4. The maximum atomic E-state index is 16.2. The highest BCUT2D eigenvalue weighted by molar-refractivity contribution is 7.85. The van der Waals surface area contributed by atoms with Crippen LogP contribution >= 0.6 is 7.14 Å². The number of fused-ring (bicyclic) bond motifs is 12. The second-order valence-electron chi connectivity index (χ2n) is 12.2. The first-order valence-electron chi connectivity index (χ1n) is 15.8. The van der Waals surface area contributed by atoms with Crippen LogP contribution < -0.4 is 15.9 Å². The molecule has 7 aromatic carbocycles. The monoisotopic (exact) mass is 619 g/mol. The Kier molecular flexibility index (Phi) is 5.52. The fourth-order valence-electron chi connectivity index (χ4n) is 7.47. The molecule has 1 unspecified atom stereocenters. The molecule has 0 N–H and O–H groups in total. The summed E-state index contributed by atoms with van der Waals surface area (Å²) in [5.74, 6) is 0. The number of para-hydroxylation sites is 2. The Bertz CT molecular complexity index is 2950. The number of aromatic nitrogens is 3. The summed E-state index contributed by atoms with van der Waals surface area (Å²) in [5.41, 5.74) is 4.82. The van der Waals surface area contributed by atoms with Crippen LogP contribution in [0, 0.1) is 0 Å². The van der Waals surface area contributed by atoms with Gasteiger partial charge < -0.3 is 4.57 Å². The van der Waals surface area contributed by atoms with Gasteiger partial charge >= 0.3 is 0 Å². The van der Waals surface area contributed by atoms with Crippen molar-refractivity contribution < 1.29 is 4.57 Å². The van der Waals surface area contributed by atoms with Gasteiger partial charge in [0.15, 0.2) is 7.14 Å². The molecule has 10 rings (SSSR count). The Morgan fingerprint density at radius 2 is 1.26 bits per heavy atom. The molecule has 0 aliphatic heterocycles. The van der Waals surface area contributed by atoms with E-state index in [2.05, 4.69) is 94.3 Å². The molecule has 0 radical (unpaired) electrons. The first-order chi connectivity index (χ1) is 23.2. The maximum absolute atomic E-state index is 16.2. The maximum Gasteiger partial charge on any atom is 0.171 e. The minimum Gasteiger partial charge on any atom is -0.309 e. The molecule has 220 valence electrons. The normalized spacial score (nSPS) is 13.4. The van der Waals surface area contributed by atoms with Crippen LogP contribution in [0.5, 0.6) is 0 Å². The third-order valence-corrected chi connectivity index (χ3v) is 12.7. The van der Waals surface area contributed by atoms with Crippen molar-refractivity contribution in [2.75, 3.05) is 0 Å². The lowest BCUT2D eigenvalue weighted by Gasteiger charge is -2.23. The minimum absolute atomic E-state index is 0.782. The highest BCUT2D eigenvalue weighted by Gasteiger charge is 2.33. The average molecular weight is 620 g/mol. The Hall–Kier alpha value is -5.83. The molecule has 0 saturated carbocycles. The zero-order valence-corrected chi connectivity index (χ0v) is 26.1. The average Bonchev–Trinajstić information content (AvgIpc) is 3.53. The molecule has 0 bridgehead atoms. The van der Waals surface area contributed by atoms with Crippen LogP contribution in [0.3, 0.4) is 0 Å². The van der Waals surface area contributed by atoms with Crippen LogP contribution in [0.25, 0.3) is 70.8 Å². The summed E-state index contributed by atoms with van der Waals surface area (Å²) in [6, 6.07) is 52.0. The van der Waals surface area contributed by atoms with Crippen LogP contribution in [-0.2, 0) is 4.57 Å². The molecule has 0 aliphatic carbocycles. The van der Waals surface area contributed by atoms with Crippen LogP contribution in [0.1, 0.15) is 0 Å². The summed E-state index contributed by atoms with van der Waals surface area (Å²) in [4.78, 5) is 9.84. The highest BCUT2D eigenvalue weighted by Crippen LogP contribution is 2.47. The Balaban J connectivity index is 1.44. The van der Waals surface area contributed by atoms with Gasteiger partial charge in [0.2, 0.25) is 0 Å². The van der Waals surface area contributed by atoms with Gasteiger partial charge in [0.1, 0.15) is 5.65 Å². The second-order valence-corrected chi connectivity index (χ2v) is 14.9. The van der Waals surface area contributed by atoms with Crippen molar-refractivity contribution in [1.82, 2.24) is 14.4 Å². The number of hydrogen-bond donors (Lipinski definition) is 0. The lowest BCUT2D eigenvalue weighted by molar-refractivity contribution is 0.592. The zero-order valence-electron chi connectivity index (χ0n) is 25.2. The molecule has 0 amide bonds. The molecule has 10 aromatic rings. The van der Waals surface area contributed by atoms with Crippen molar-refractivity contribution in [2.24, 2.45) is 0 Å². The summed E-state index contributed by atoms with van der Waals surface area (Å²) >= 11 is 0. The molecule has 3 heterocycles. The smallest absolute Gasteiger partial charge is 0.171 e. The molecule has 3 aromatic heterocycles. The molecule has 0 spiro atoms. The van der Waals surface area contributed by atoms with Gasteiger partial charge in [-0.1, -0.05) is 103 Å². The van der Waals surface area contributed by atoms with Crippen molar-refractivity contribution >= 4 is 93.9 Å². The number of hydrogen-bond acceptors (Lipinski definition) is 3. The van der Waals surface area contributed by atoms with E-state index in [0.29, 0.717) is 0 Å². The molecule has 0 aliphatic rings. The number of imidazole rings is 1. The van der Waals surface area contributed by atoms with Gasteiger partial charge in [0.25, 0.3) is 0 Å². The van der Waals surface area contributed by atoms with Crippen LogP contribution in [0.15, 0.2) is 158 Å². The van der Waals surface area contributed by atoms with Crippen LogP contribution in [0.4, 0.5) is 0 Å². The molecule has 0 fully saturated rings. The van der Waals surface area contributed by atoms with E-state index in [9.17, 15) is 0 Å². The predicted molar refractivity (Wildman–Crippen MR) is 197 cm³/mol.